The average Bonchev–Trinajstić information content (AvgIpc) is 2.97. The molecule has 2 amide bonds. The fraction of sp³-hybridized carbons (Fsp3) is 0.875. The van der Waals surface area contributed by atoms with Crippen LogP contribution < -0.4 is 0 Å². The highest BCUT2D eigenvalue weighted by Crippen LogP contribution is 2.52. The normalized spacial score (nSPS) is 34.0. The molecule has 1 saturated heterocycles. The molecular formula is C32H50N2O4. The Bertz CT molecular complexity index is 881. The van der Waals surface area contributed by atoms with Crippen LogP contribution in [-0.2, 0) is 9.59 Å². The van der Waals surface area contributed by atoms with Crippen LogP contribution in [-0.4, -0.2) is 44.4 Å². The van der Waals surface area contributed by atoms with Crippen molar-refractivity contribution in [3.63, 3.8) is 0 Å². The molecule has 3 unspecified atom stereocenters. The summed E-state index contributed by atoms with van der Waals surface area (Å²) >= 11 is 0. The van der Waals surface area contributed by atoms with Crippen LogP contribution >= 0.6 is 0 Å². The molecule has 212 valence electrons. The zero-order chi connectivity index (χ0) is 26.2. The SMILES string of the molecule is O=C1C(C2CCCCC2)C2CCCC3=C2C([C@H](N(O)C(=O)C(C2CCCCC2)C2CCCCC2)CC3)N1O. The van der Waals surface area contributed by atoms with Gasteiger partial charge in [0.15, 0.2) is 0 Å². The number of hydroxylamine groups is 4. The van der Waals surface area contributed by atoms with E-state index >= 15 is 0 Å². The lowest BCUT2D eigenvalue weighted by Crippen LogP contribution is -2.63. The molecule has 1 heterocycles. The van der Waals surface area contributed by atoms with E-state index in [9.17, 15) is 20.0 Å². The molecule has 0 aromatic heterocycles. The molecule has 38 heavy (non-hydrogen) atoms. The third-order valence-electron chi connectivity index (χ3n) is 11.7. The second-order valence-corrected chi connectivity index (χ2v) is 13.7. The second kappa shape index (κ2) is 11.6. The van der Waals surface area contributed by atoms with Gasteiger partial charge in [-0.15, -0.1) is 0 Å². The Balaban J connectivity index is 1.28. The molecule has 2 N–H and O–H groups in total. The Kier molecular flexibility index (Phi) is 8.19. The zero-order valence-electron chi connectivity index (χ0n) is 23.4. The van der Waals surface area contributed by atoms with E-state index in [-0.39, 0.29) is 29.6 Å². The molecule has 0 bridgehead atoms. The van der Waals surface area contributed by atoms with Gasteiger partial charge in [0.25, 0.3) is 5.91 Å². The van der Waals surface area contributed by atoms with E-state index in [0.717, 1.165) is 74.3 Å². The topological polar surface area (TPSA) is 81.1 Å². The molecule has 0 aromatic rings. The summed E-state index contributed by atoms with van der Waals surface area (Å²) in [4.78, 5) is 28.1. The maximum Gasteiger partial charge on any atom is 0.250 e. The minimum absolute atomic E-state index is 0.125. The van der Waals surface area contributed by atoms with Crippen molar-refractivity contribution in [2.24, 2.45) is 35.5 Å². The molecule has 4 atom stereocenters. The number of nitrogens with zero attached hydrogens (tertiary/aromatic N) is 2. The van der Waals surface area contributed by atoms with Gasteiger partial charge in [-0.1, -0.05) is 63.4 Å². The Morgan fingerprint density at radius 2 is 1.34 bits per heavy atom. The smallest absolute Gasteiger partial charge is 0.250 e. The van der Waals surface area contributed by atoms with E-state index < -0.39 is 12.1 Å². The highest BCUT2D eigenvalue weighted by Gasteiger charge is 2.55. The summed E-state index contributed by atoms with van der Waals surface area (Å²) in [6.45, 7) is 0. The first-order valence-corrected chi connectivity index (χ1v) is 16.3. The molecule has 0 spiro atoms. The number of allylic oxidation sites excluding steroid dienone is 1. The third kappa shape index (κ3) is 4.87. The lowest BCUT2D eigenvalue weighted by Gasteiger charge is -2.53. The van der Waals surface area contributed by atoms with Gasteiger partial charge in [0.2, 0.25) is 5.91 Å². The zero-order valence-corrected chi connectivity index (χ0v) is 23.4. The van der Waals surface area contributed by atoms with E-state index in [1.165, 1.54) is 68.9 Å². The Hall–Kier alpha value is -1.40. The molecule has 6 rings (SSSR count). The average molecular weight is 527 g/mol. The summed E-state index contributed by atoms with van der Waals surface area (Å²) < 4.78 is 0. The largest absolute Gasteiger partial charge is 0.286 e. The number of carbonyl (C=O) groups is 2. The molecule has 5 aliphatic carbocycles. The summed E-state index contributed by atoms with van der Waals surface area (Å²) in [5.41, 5.74) is 2.61. The molecule has 3 saturated carbocycles. The maximum absolute atomic E-state index is 14.2. The minimum atomic E-state index is -0.580. The summed E-state index contributed by atoms with van der Waals surface area (Å²) in [7, 11) is 0. The van der Waals surface area contributed by atoms with Crippen molar-refractivity contribution in [1.82, 2.24) is 10.1 Å². The number of piperidine rings is 1. The first-order valence-electron chi connectivity index (χ1n) is 16.3. The van der Waals surface area contributed by atoms with Crippen LogP contribution in [0.3, 0.4) is 0 Å². The number of hydrogen-bond acceptors (Lipinski definition) is 4. The van der Waals surface area contributed by atoms with Crippen LogP contribution in [0.25, 0.3) is 0 Å². The monoisotopic (exact) mass is 526 g/mol. The predicted octanol–water partition coefficient (Wildman–Crippen LogP) is 7.04. The van der Waals surface area contributed by atoms with Gasteiger partial charge in [-0.3, -0.25) is 20.0 Å². The lowest BCUT2D eigenvalue weighted by atomic mass is 9.60. The van der Waals surface area contributed by atoms with E-state index in [1.54, 1.807) is 0 Å². The van der Waals surface area contributed by atoms with Crippen LogP contribution in [0.15, 0.2) is 11.1 Å². The van der Waals surface area contributed by atoms with Gasteiger partial charge in [-0.05, 0) is 99.9 Å². The van der Waals surface area contributed by atoms with Crippen LogP contribution in [0.1, 0.15) is 128 Å². The maximum atomic E-state index is 14.2. The summed E-state index contributed by atoms with van der Waals surface area (Å²) in [6, 6.07) is -1.12. The minimum Gasteiger partial charge on any atom is -0.286 e. The highest BCUT2D eigenvalue weighted by atomic mass is 16.5. The quantitative estimate of drug-likeness (QED) is 0.229. The van der Waals surface area contributed by atoms with Crippen LogP contribution in [0.4, 0.5) is 0 Å². The van der Waals surface area contributed by atoms with Crippen molar-refractivity contribution in [2.45, 2.75) is 141 Å². The van der Waals surface area contributed by atoms with Crippen molar-refractivity contribution < 1.29 is 20.0 Å². The van der Waals surface area contributed by atoms with Gasteiger partial charge in [-0.2, -0.15) is 0 Å². The summed E-state index contributed by atoms with van der Waals surface area (Å²) in [6.07, 6.45) is 21.9. The third-order valence-corrected chi connectivity index (χ3v) is 11.7. The molecule has 6 nitrogen and oxygen atoms in total. The molecule has 0 aromatic carbocycles. The molecule has 0 radical (unpaired) electrons. The van der Waals surface area contributed by atoms with Gasteiger partial charge in [-0.25, -0.2) is 10.1 Å². The number of amides is 2. The van der Waals surface area contributed by atoms with Crippen molar-refractivity contribution in [3.05, 3.63) is 11.1 Å². The van der Waals surface area contributed by atoms with Gasteiger partial charge in [0, 0.05) is 11.8 Å². The van der Waals surface area contributed by atoms with Crippen molar-refractivity contribution in [3.8, 4) is 0 Å². The molecule has 1 aliphatic heterocycles. The molecule has 4 fully saturated rings. The number of carbonyl (C=O) groups excluding carboxylic acids is 2. The van der Waals surface area contributed by atoms with Crippen molar-refractivity contribution in [2.75, 3.05) is 0 Å². The number of rotatable bonds is 5. The van der Waals surface area contributed by atoms with Crippen molar-refractivity contribution >= 4 is 11.8 Å². The van der Waals surface area contributed by atoms with E-state index in [4.69, 9.17) is 0 Å². The molecular weight excluding hydrogens is 476 g/mol. The van der Waals surface area contributed by atoms with Crippen LogP contribution in [0.5, 0.6) is 0 Å². The first kappa shape index (κ1) is 26.8. The fourth-order valence-electron chi connectivity index (χ4n) is 9.98. The highest BCUT2D eigenvalue weighted by molar-refractivity contribution is 5.83. The van der Waals surface area contributed by atoms with Crippen molar-refractivity contribution in [1.29, 1.82) is 0 Å². The van der Waals surface area contributed by atoms with Gasteiger partial charge in [0.1, 0.15) is 6.04 Å². The first-order chi connectivity index (χ1) is 18.6. The Morgan fingerprint density at radius 1 is 0.763 bits per heavy atom. The van der Waals surface area contributed by atoms with Crippen LogP contribution in [0.2, 0.25) is 0 Å². The fourth-order valence-corrected chi connectivity index (χ4v) is 9.98. The van der Waals surface area contributed by atoms with Gasteiger partial charge >= 0.3 is 0 Å². The van der Waals surface area contributed by atoms with E-state index in [1.807, 2.05) is 0 Å². The summed E-state index contributed by atoms with van der Waals surface area (Å²) in [5, 5.41) is 25.2. The number of hydrogen-bond donors (Lipinski definition) is 2. The van der Waals surface area contributed by atoms with Gasteiger partial charge in [0.05, 0.1) is 6.04 Å². The summed E-state index contributed by atoms with van der Waals surface area (Å²) in [5.74, 6) is 0.674. The molecule has 6 heteroatoms. The predicted molar refractivity (Wildman–Crippen MR) is 145 cm³/mol. The standard InChI is InChI=1S/C32H50N2O4/c35-31(27(21-11-4-1-5-12-21)22-13-6-2-7-14-22)33(37)26-20-19-24-17-10-18-25-28(24)30(26)34(38)32(36)29(25)23-15-8-3-9-16-23/h21-23,25-27,29-30,37-38H,1-20H2/t25?,26-,29?,30?/m1/s1. The van der Waals surface area contributed by atoms with Gasteiger partial charge < -0.3 is 0 Å². The Labute approximate surface area is 229 Å². The molecule has 6 aliphatic rings. The Morgan fingerprint density at radius 3 is 1.95 bits per heavy atom. The lowest BCUT2D eigenvalue weighted by molar-refractivity contribution is -0.221. The van der Waals surface area contributed by atoms with Crippen LogP contribution in [0, 0.1) is 35.5 Å². The van der Waals surface area contributed by atoms with E-state index in [0.29, 0.717) is 24.2 Å². The second-order valence-electron chi connectivity index (χ2n) is 13.7. The van der Waals surface area contributed by atoms with E-state index in [2.05, 4.69) is 0 Å².